The Morgan fingerprint density at radius 2 is 1.81 bits per heavy atom. The first-order valence-electron chi connectivity index (χ1n) is 10.4. The van der Waals surface area contributed by atoms with Crippen molar-refractivity contribution >= 4 is 23.4 Å². The second-order valence-corrected chi connectivity index (χ2v) is 8.35. The van der Waals surface area contributed by atoms with Crippen molar-refractivity contribution in [2.45, 2.75) is 31.2 Å². The van der Waals surface area contributed by atoms with Crippen LogP contribution in [0.25, 0.3) is 5.78 Å². The number of aromatic nitrogens is 4. The molecule has 32 heavy (non-hydrogen) atoms. The van der Waals surface area contributed by atoms with E-state index in [1.165, 1.54) is 11.8 Å². The van der Waals surface area contributed by atoms with Gasteiger partial charge in [0.1, 0.15) is 5.75 Å². The largest absolute Gasteiger partial charge is 0.496 e. The van der Waals surface area contributed by atoms with E-state index in [0.717, 1.165) is 28.3 Å². The van der Waals surface area contributed by atoms with Crippen LogP contribution in [0.5, 0.6) is 5.75 Å². The number of methoxy groups -OCH3 is 1. The maximum atomic E-state index is 12.8. The fourth-order valence-electron chi connectivity index (χ4n) is 3.53. The zero-order valence-corrected chi connectivity index (χ0v) is 19.1. The number of nitrogens with zero attached hydrogens (tertiary/aromatic N) is 4. The smallest absolute Gasteiger partial charge is 0.253 e. The quantitative estimate of drug-likeness (QED) is 0.411. The topological polar surface area (TPSA) is 81.4 Å². The molecule has 8 heteroatoms. The van der Waals surface area contributed by atoms with Gasteiger partial charge in [-0.1, -0.05) is 48.2 Å². The Labute approximate surface area is 191 Å². The van der Waals surface area contributed by atoms with Crippen molar-refractivity contribution in [2.75, 3.05) is 13.7 Å². The molecule has 0 spiro atoms. The first kappa shape index (κ1) is 21.8. The summed E-state index contributed by atoms with van der Waals surface area (Å²) in [6, 6.07) is 17.4. The van der Waals surface area contributed by atoms with Gasteiger partial charge in [-0.05, 0) is 49.6 Å². The van der Waals surface area contributed by atoms with Crippen molar-refractivity contribution in [3.05, 3.63) is 82.7 Å². The first-order valence-corrected chi connectivity index (χ1v) is 11.4. The second-order valence-electron chi connectivity index (χ2n) is 7.41. The van der Waals surface area contributed by atoms with Crippen LogP contribution < -0.4 is 10.1 Å². The number of hydrogen-bond donors (Lipinski definition) is 1. The van der Waals surface area contributed by atoms with Crippen LogP contribution in [0.1, 0.15) is 32.9 Å². The average molecular weight is 448 g/mol. The number of benzene rings is 2. The molecule has 2 heterocycles. The molecule has 2 aromatic carbocycles. The van der Waals surface area contributed by atoms with Gasteiger partial charge < -0.3 is 10.1 Å². The number of carbonyl (C=O) groups excluding carboxylic acids is 1. The molecule has 0 aliphatic heterocycles. The third-order valence-electron chi connectivity index (χ3n) is 5.09. The molecule has 1 N–H and O–H groups in total. The minimum absolute atomic E-state index is 0.0906. The highest BCUT2D eigenvalue weighted by molar-refractivity contribution is 7.98. The Kier molecular flexibility index (Phi) is 6.70. The molecule has 0 bridgehead atoms. The van der Waals surface area contributed by atoms with Crippen LogP contribution in [0.4, 0.5) is 0 Å². The molecule has 0 unspecified atom stereocenters. The Morgan fingerprint density at radius 3 is 2.62 bits per heavy atom. The van der Waals surface area contributed by atoms with Crippen LogP contribution in [0.15, 0.2) is 59.8 Å². The number of nitrogens with one attached hydrogen (secondary N) is 1. The molecule has 0 radical (unpaired) electrons. The highest BCUT2D eigenvalue weighted by Gasteiger charge is 2.14. The fourth-order valence-corrected chi connectivity index (χ4v) is 4.36. The van der Waals surface area contributed by atoms with Crippen molar-refractivity contribution in [1.29, 1.82) is 0 Å². The summed E-state index contributed by atoms with van der Waals surface area (Å²) in [5.74, 6) is 1.92. The van der Waals surface area contributed by atoms with E-state index in [-0.39, 0.29) is 5.91 Å². The number of hydrogen-bond acceptors (Lipinski definition) is 6. The summed E-state index contributed by atoms with van der Waals surface area (Å²) >= 11 is 1.49. The molecule has 0 aliphatic rings. The van der Waals surface area contributed by atoms with Gasteiger partial charge in [-0.3, -0.25) is 4.79 Å². The monoisotopic (exact) mass is 447 g/mol. The molecule has 4 rings (SSSR count). The number of aryl methyl sites for hydroxylation is 2. The lowest BCUT2D eigenvalue weighted by Gasteiger charge is -2.11. The van der Waals surface area contributed by atoms with Crippen LogP contribution in [0.3, 0.4) is 0 Å². The summed E-state index contributed by atoms with van der Waals surface area (Å²) in [5.41, 5.74) is 4.56. The van der Waals surface area contributed by atoms with Crippen LogP contribution in [-0.2, 0) is 12.2 Å². The molecular weight excluding hydrogens is 422 g/mol. The second kappa shape index (κ2) is 9.82. The molecule has 0 saturated heterocycles. The van der Waals surface area contributed by atoms with Gasteiger partial charge in [-0.15, -0.1) is 5.10 Å². The molecule has 4 aromatic rings. The molecule has 0 atom stereocenters. The van der Waals surface area contributed by atoms with E-state index in [4.69, 9.17) is 4.74 Å². The lowest BCUT2D eigenvalue weighted by Crippen LogP contribution is -2.26. The van der Waals surface area contributed by atoms with E-state index in [1.54, 1.807) is 11.6 Å². The van der Waals surface area contributed by atoms with Gasteiger partial charge in [-0.2, -0.15) is 4.98 Å². The van der Waals surface area contributed by atoms with Gasteiger partial charge in [0, 0.05) is 29.2 Å². The van der Waals surface area contributed by atoms with Crippen molar-refractivity contribution in [2.24, 2.45) is 0 Å². The predicted molar refractivity (Wildman–Crippen MR) is 125 cm³/mol. The third-order valence-corrected chi connectivity index (χ3v) is 5.98. The molecule has 7 nitrogen and oxygen atoms in total. The van der Waals surface area contributed by atoms with E-state index in [0.29, 0.717) is 35.2 Å². The fraction of sp³-hybridized carbons (Fsp3) is 0.250. The lowest BCUT2D eigenvalue weighted by molar-refractivity contribution is 0.0953. The third kappa shape index (κ3) is 4.91. The number of rotatable bonds is 8. The molecule has 164 valence electrons. The number of carbonyl (C=O) groups is 1. The Morgan fingerprint density at radius 1 is 1.06 bits per heavy atom. The van der Waals surface area contributed by atoms with Gasteiger partial charge in [0.2, 0.25) is 5.16 Å². The zero-order valence-electron chi connectivity index (χ0n) is 18.3. The molecule has 0 saturated carbocycles. The van der Waals surface area contributed by atoms with Crippen LogP contribution in [0, 0.1) is 13.8 Å². The summed E-state index contributed by atoms with van der Waals surface area (Å²) in [7, 11) is 1.65. The number of amides is 1. The Hall–Kier alpha value is -3.39. The highest BCUT2D eigenvalue weighted by atomic mass is 32.2. The summed E-state index contributed by atoms with van der Waals surface area (Å²) in [6.07, 6.45) is 0.698. The highest BCUT2D eigenvalue weighted by Crippen LogP contribution is 2.23. The summed E-state index contributed by atoms with van der Waals surface area (Å²) in [6.45, 7) is 4.45. The van der Waals surface area contributed by atoms with Crippen LogP contribution in [0.2, 0.25) is 0 Å². The van der Waals surface area contributed by atoms with Gasteiger partial charge >= 0.3 is 0 Å². The lowest BCUT2D eigenvalue weighted by atomic mass is 10.1. The van der Waals surface area contributed by atoms with Gasteiger partial charge in [-0.25, -0.2) is 9.50 Å². The van der Waals surface area contributed by atoms with E-state index in [1.807, 2.05) is 68.4 Å². The maximum Gasteiger partial charge on any atom is 0.253 e. The van der Waals surface area contributed by atoms with Gasteiger partial charge in [0.25, 0.3) is 11.7 Å². The molecule has 0 aliphatic carbocycles. The Bertz CT molecular complexity index is 1250. The minimum atomic E-state index is -0.0906. The molecule has 2 aromatic heterocycles. The van der Waals surface area contributed by atoms with Crippen molar-refractivity contribution in [1.82, 2.24) is 24.9 Å². The van der Waals surface area contributed by atoms with Crippen LogP contribution >= 0.6 is 11.8 Å². The summed E-state index contributed by atoms with van der Waals surface area (Å²) < 4.78 is 7.12. The number of fused-ring (bicyclic) bond motifs is 1. The Balaban J connectivity index is 1.41. The predicted octanol–water partition coefficient (Wildman–Crippen LogP) is 4.01. The van der Waals surface area contributed by atoms with E-state index in [9.17, 15) is 4.79 Å². The molecular formula is C24H25N5O2S. The van der Waals surface area contributed by atoms with Crippen molar-refractivity contribution < 1.29 is 9.53 Å². The van der Waals surface area contributed by atoms with Crippen LogP contribution in [-0.4, -0.2) is 39.1 Å². The normalized spacial score (nSPS) is 11.0. The molecule has 1 amide bonds. The molecule has 0 fully saturated rings. The van der Waals surface area contributed by atoms with E-state index < -0.39 is 0 Å². The number of ether oxygens (including phenoxy) is 1. The SMILES string of the molecule is COc1ccccc1CCNC(=O)c1ccccc1CSc1nc2nc(C)cc(C)n2n1. The number of para-hydroxylation sites is 1. The van der Waals surface area contributed by atoms with Crippen molar-refractivity contribution in [3.8, 4) is 5.75 Å². The van der Waals surface area contributed by atoms with Crippen molar-refractivity contribution in [3.63, 3.8) is 0 Å². The standard InChI is InChI=1S/C24H25N5O2S/c1-16-14-17(2)29-23(26-16)27-24(28-29)32-15-19-9-4-6-10-20(19)22(30)25-13-12-18-8-5-7-11-21(18)31-3/h4-11,14H,12-13,15H2,1-3H3,(H,25,30). The summed E-state index contributed by atoms with van der Waals surface area (Å²) in [5, 5.41) is 8.20. The number of thioether (sulfide) groups is 1. The maximum absolute atomic E-state index is 12.8. The minimum Gasteiger partial charge on any atom is -0.496 e. The van der Waals surface area contributed by atoms with Gasteiger partial charge in [0.15, 0.2) is 0 Å². The van der Waals surface area contributed by atoms with E-state index in [2.05, 4.69) is 20.4 Å². The zero-order chi connectivity index (χ0) is 22.5. The summed E-state index contributed by atoms with van der Waals surface area (Å²) in [4.78, 5) is 21.8. The van der Waals surface area contributed by atoms with Gasteiger partial charge in [0.05, 0.1) is 7.11 Å². The first-order chi connectivity index (χ1) is 15.5. The average Bonchev–Trinajstić information content (AvgIpc) is 3.21. The van der Waals surface area contributed by atoms with E-state index >= 15 is 0 Å².